The summed E-state index contributed by atoms with van der Waals surface area (Å²) >= 11 is 1.45. The molecule has 1 aliphatic heterocycles. The predicted octanol–water partition coefficient (Wildman–Crippen LogP) is 4.36. The zero-order chi connectivity index (χ0) is 20.0. The van der Waals surface area contributed by atoms with Crippen LogP contribution in [0.1, 0.15) is 26.5 Å². The molecule has 3 heterocycles. The van der Waals surface area contributed by atoms with Crippen molar-refractivity contribution in [2.75, 3.05) is 6.79 Å². The normalized spacial score (nSPS) is 12.5. The molecule has 146 valence electrons. The fourth-order valence-electron chi connectivity index (χ4n) is 3.41. The van der Waals surface area contributed by atoms with E-state index < -0.39 is 0 Å². The highest BCUT2D eigenvalue weighted by molar-refractivity contribution is 7.20. The van der Waals surface area contributed by atoms with Gasteiger partial charge in [0.15, 0.2) is 11.5 Å². The minimum Gasteiger partial charge on any atom is -0.454 e. The first-order valence-electron chi connectivity index (χ1n) is 9.31. The summed E-state index contributed by atoms with van der Waals surface area (Å²) in [5.74, 6) is 1.35. The Balaban J connectivity index is 1.39. The van der Waals surface area contributed by atoms with Crippen molar-refractivity contribution in [2.45, 2.75) is 20.4 Å². The zero-order valence-corrected chi connectivity index (χ0v) is 16.9. The summed E-state index contributed by atoms with van der Waals surface area (Å²) in [6, 6.07) is 15.8. The molecular formula is C22H19N3O3S. The summed E-state index contributed by atoms with van der Waals surface area (Å²) < 4.78 is 12.6. The van der Waals surface area contributed by atoms with Crippen molar-refractivity contribution in [1.29, 1.82) is 0 Å². The monoisotopic (exact) mass is 405 g/mol. The second-order valence-corrected chi connectivity index (χ2v) is 8.07. The van der Waals surface area contributed by atoms with E-state index in [0.717, 1.165) is 32.9 Å². The predicted molar refractivity (Wildman–Crippen MR) is 112 cm³/mol. The van der Waals surface area contributed by atoms with Crippen molar-refractivity contribution in [3.05, 3.63) is 70.2 Å². The number of thiophene rings is 1. The maximum atomic E-state index is 12.7. The smallest absolute Gasteiger partial charge is 0.261 e. The molecule has 4 aromatic rings. The Kier molecular flexibility index (Phi) is 4.24. The van der Waals surface area contributed by atoms with Gasteiger partial charge in [-0.25, -0.2) is 4.68 Å². The molecule has 2 aromatic carbocycles. The van der Waals surface area contributed by atoms with E-state index in [2.05, 4.69) is 29.5 Å². The number of hydrogen-bond donors (Lipinski definition) is 1. The zero-order valence-electron chi connectivity index (χ0n) is 16.1. The van der Waals surface area contributed by atoms with Gasteiger partial charge in [0.2, 0.25) is 6.79 Å². The number of benzene rings is 2. The number of rotatable bonds is 4. The van der Waals surface area contributed by atoms with Gasteiger partial charge in [-0.15, -0.1) is 11.3 Å². The van der Waals surface area contributed by atoms with Crippen LogP contribution >= 0.6 is 11.3 Å². The Morgan fingerprint density at radius 1 is 1.14 bits per heavy atom. The molecule has 7 heteroatoms. The van der Waals surface area contributed by atoms with Gasteiger partial charge in [0.25, 0.3) is 5.91 Å². The Morgan fingerprint density at radius 3 is 2.86 bits per heavy atom. The second kappa shape index (κ2) is 6.93. The van der Waals surface area contributed by atoms with Crippen LogP contribution in [-0.2, 0) is 6.54 Å². The van der Waals surface area contributed by atoms with E-state index in [4.69, 9.17) is 9.47 Å². The van der Waals surface area contributed by atoms with E-state index in [1.165, 1.54) is 16.9 Å². The molecule has 0 saturated heterocycles. The second-order valence-electron chi connectivity index (χ2n) is 7.04. The molecule has 2 aromatic heterocycles. The topological polar surface area (TPSA) is 65.4 Å². The van der Waals surface area contributed by atoms with Gasteiger partial charge in [-0.2, -0.15) is 5.10 Å². The fraction of sp³-hybridized carbons (Fsp3) is 0.182. The van der Waals surface area contributed by atoms with Crippen molar-refractivity contribution in [2.24, 2.45) is 0 Å². The maximum absolute atomic E-state index is 12.7. The molecule has 0 spiro atoms. The lowest BCUT2D eigenvalue weighted by atomic mass is 10.2. The van der Waals surface area contributed by atoms with Gasteiger partial charge in [0, 0.05) is 11.9 Å². The number of hydrogen-bond acceptors (Lipinski definition) is 5. The van der Waals surface area contributed by atoms with E-state index in [1.807, 2.05) is 48.0 Å². The molecule has 0 bridgehead atoms. The van der Waals surface area contributed by atoms with Gasteiger partial charge in [-0.1, -0.05) is 18.2 Å². The molecule has 0 aliphatic carbocycles. The Morgan fingerprint density at radius 2 is 2.00 bits per heavy atom. The average molecular weight is 405 g/mol. The van der Waals surface area contributed by atoms with Crippen LogP contribution in [0.2, 0.25) is 0 Å². The van der Waals surface area contributed by atoms with Gasteiger partial charge in [-0.3, -0.25) is 4.79 Å². The number of fused-ring (bicyclic) bond motifs is 2. The molecule has 0 atom stereocenters. The number of carbonyl (C=O) groups excluding carboxylic acids is 1. The number of aromatic nitrogens is 2. The maximum Gasteiger partial charge on any atom is 0.261 e. The number of nitrogens with one attached hydrogen (secondary N) is 1. The largest absolute Gasteiger partial charge is 0.454 e. The number of amides is 1. The first-order valence-corrected chi connectivity index (χ1v) is 10.1. The first-order chi connectivity index (χ1) is 14.1. The van der Waals surface area contributed by atoms with E-state index in [0.29, 0.717) is 17.2 Å². The highest BCUT2D eigenvalue weighted by Crippen LogP contribution is 2.33. The van der Waals surface area contributed by atoms with Crippen LogP contribution in [0.25, 0.3) is 15.9 Å². The van der Waals surface area contributed by atoms with Gasteiger partial charge < -0.3 is 14.8 Å². The Labute approximate surface area is 171 Å². The number of carbonyl (C=O) groups is 1. The van der Waals surface area contributed by atoms with Crippen LogP contribution in [0.4, 0.5) is 0 Å². The van der Waals surface area contributed by atoms with Crippen LogP contribution in [0, 0.1) is 13.8 Å². The van der Waals surface area contributed by atoms with Crippen LogP contribution < -0.4 is 14.8 Å². The van der Waals surface area contributed by atoms with Crippen molar-refractivity contribution < 1.29 is 14.3 Å². The first kappa shape index (κ1) is 17.8. The fourth-order valence-corrected chi connectivity index (χ4v) is 4.51. The standard InChI is InChI=1S/C22H19N3O3S/c1-13-4-3-5-16(8-13)25-22-17(14(2)24-25)10-20(29-22)21(26)23-11-15-6-7-18-19(9-15)28-12-27-18/h3-10H,11-12H2,1-2H3,(H,23,26). The van der Waals surface area contributed by atoms with Crippen LogP contribution in [0.3, 0.4) is 0 Å². The quantitative estimate of drug-likeness (QED) is 0.548. The summed E-state index contributed by atoms with van der Waals surface area (Å²) in [5.41, 5.74) is 4.04. The van der Waals surface area contributed by atoms with E-state index in [9.17, 15) is 4.79 Å². The van der Waals surface area contributed by atoms with Crippen LogP contribution in [0.15, 0.2) is 48.5 Å². The summed E-state index contributed by atoms with van der Waals surface area (Å²) in [6.07, 6.45) is 0. The van der Waals surface area contributed by atoms with Gasteiger partial charge in [0.05, 0.1) is 16.3 Å². The average Bonchev–Trinajstić information content (AvgIpc) is 3.42. The molecule has 29 heavy (non-hydrogen) atoms. The van der Waals surface area contributed by atoms with Crippen molar-refractivity contribution in [1.82, 2.24) is 15.1 Å². The third-order valence-corrected chi connectivity index (χ3v) is 6.01. The van der Waals surface area contributed by atoms with Crippen LogP contribution in [-0.4, -0.2) is 22.5 Å². The minimum absolute atomic E-state index is 0.0981. The summed E-state index contributed by atoms with van der Waals surface area (Å²) in [4.78, 5) is 14.4. The molecule has 1 N–H and O–H groups in total. The number of nitrogens with zero attached hydrogens (tertiary/aromatic N) is 2. The van der Waals surface area contributed by atoms with Crippen LogP contribution in [0.5, 0.6) is 11.5 Å². The number of ether oxygens (including phenoxy) is 2. The third-order valence-electron chi connectivity index (χ3n) is 4.90. The van der Waals surface area contributed by atoms with Crippen molar-refractivity contribution in [3.8, 4) is 17.2 Å². The SMILES string of the molecule is Cc1cccc(-n2nc(C)c3cc(C(=O)NCc4ccc5c(c4)OCO5)sc32)c1. The van der Waals surface area contributed by atoms with Crippen molar-refractivity contribution in [3.63, 3.8) is 0 Å². The summed E-state index contributed by atoms with van der Waals surface area (Å²) in [6.45, 7) is 4.69. The summed E-state index contributed by atoms with van der Waals surface area (Å²) in [5, 5.41) is 8.65. The van der Waals surface area contributed by atoms with Crippen molar-refractivity contribution >= 4 is 27.5 Å². The van der Waals surface area contributed by atoms with Gasteiger partial charge >= 0.3 is 0 Å². The number of aryl methyl sites for hydroxylation is 2. The molecule has 0 fully saturated rings. The van der Waals surface area contributed by atoms with E-state index in [-0.39, 0.29) is 12.7 Å². The molecule has 6 nitrogen and oxygen atoms in total. The van der Waals surface area contributed by atoms with E-state index in [1.54, 1.807) is 0 Å². The Hall–Kier alpha value is -3.32. The molecule has 0 unspecified atom stereocenters. The lowest BCUT2D eigenvalue weighted by Crippen LogP contribution is -2.21. The highest BCUT2D eigenvalue weighted by Gasteiger charge is 2.18. The lowest BCUT2D eigenvalue weighted by Gasteiger charge is -2.05. The lowest BCUT2D eigenvalue weighted by molar-refractivity contribution is 0.0955. The molecule has 0 saturated carbocycles. The molecule has 5 rings (SSSR count). The molecule has 0 radical (unpaired) electrons. The van der Waals surface area contributed by atoms with E-state index >= 15 is 0 Å². The highest BCUT2D eigenvalue weighted by atomic mass is 32.1. The molecular weight excluding hydrogens is 386 g/mol. The van der Waals surface area contributed by atoms with Gasteiger partial charge in [0.1, 0.15) is 4.83 Å². The third kappa shape index (κ3) is 3.23. The molecule has 1 amide bonds. The molecule has 1 aliphatic rings. The van der Waals surface area contributed by atoms with Gasteiger partial charge in [-0.05, 0) is 55.3 Å². The Bertz CT molecular complexity index is 1240. The summed E-state index contributed by atoms with van der Waals surface area (Å²) in [7, 11) is 0. The minimum atomic E-state index is -0.0981.